The molecule has 160 valence electrons. The van der Waals surface area contributed by atoms with E-state index in [4.69, 9.17) is 0 Å². The van der Waals surface area contributed by atoms with Crippen molar-refractivity contribution in [2.75, 3.05) is 36.4 Å². The summed E-state index contributed by atoms with van der Waals surface area (Å²) in [7, 11) is 0. The highest BCUT2D eigenvalue weighted by Crippen LogP contribution is 2.18. The van der Waals surface area contributed by atoms with Gasteiger partial charge in [0.05, 0.1) is 12.1 Å². The first-order chi connectivity index (χ1) is 15.2. The molecule has 0 spiro atoms. The van der Waals surface area contributed by atoms with Gasteiger partial charge in [0.15, 0.2) is 5.13 Å². The third-order valence-corrected chi connectivity index (χ3v) is 5.69. The Kier molecular flexibility index (Phi) is 6.68. The lowest BCUT2D eigenvalue weighted by atomic mass is 10.2. The van der Waals surface area contributed by atoms with Crippen molar-refractivity contribution in [2.45, 2.75) is 13.0 Å². The minimum absolute atomic E-state index is 0.120. The second-order valence-corrected chi connectivity index (χ2v) is 7.90. The number of rotatable bonds is 6. The Bertz CT molecular complexity index is 1000. The van der Waals surface area contributed by atoms with Crippen molar-refractivity contribution in [3.05, 3.63) is 65.6 Å². The van der Waals surface area contributed by atoms with Gasteiger partial charge >= 0.3 is 6.03 Å². The molecular weight excluding hydrogens is 414 g/mol. The van der Waals surface area contributed by atoms with E-state index >= 15 is 0 Å². The summed E-state index contributed by atoms with van der Waals surface area (Å²) in [5.41, 5.74) is 1.62. The van der Waals surface area contributed by atoms with Crippen LogP contribution in [0, 0.1) is 0 Å². The third kappa shape index (κ3) is 5.76. The number of nitrogens with zero attached hydrogens (tertiary/aromatic N) is 5. The second-order valence-electron chi connectivity index (χ2n) is 7.05. The van der Waals surface area contributed by atoms with E-state index in [1.54, 1.807) is 28.9 Å². The lowest BCUT2D eigenvalue weighted by Crippen LogP contribution is -2.50. The van der Waals surface area contributed by atoms with Crippen molar-refractivity contribution in [2.24, 2.45) is 0 Å². The van der Waals surface area contributed by atoms with Crippen LogP contribution >= 0.6 is 11.3 Å². The summed E-state index contributed by atoms with van der Waals surface area (Å²) in [6, 6.07) is 9.35. The first-order valence-corrected chi connectivity index (χ1v) is 10.9. The van der Waals surface area contributed by atoms with E-state index in [0.717, 1.165) is 24.5 Å². The Morgan fingerprint density at radius 1 is 1.03 bits per heavy atom. The maximum atomic E-state index is 12.6. The van der Waals surface area contributed by atoms with E-state index < -0.39 is 0 Å². The highest BCUT2D eigenvalue weighted by atomic mass is 32.1. The molecule has 9 nitrogen and oxygen atoms in total. The van der Waals surface area contributed by atoms with Crippen LogP contribution in [0.4, 0.5) is 15.7 Å². The summed E-state index contributed by atoms with van der Waals surface area (Å²) >= 11 is 1.32. The Morgan fingerprint density at radius 3 is 2.58 bits per heavy atom. The van der Waals surface area contributed by atoms with Gasteiger partial charge in [0, 0.05) is 56.7 Å². The molecule has 31 heavy (non-hydrogen) atoms. The van der Waals surface area contributed by atoms with Crippen LogP contribution in [-0.4, -0.2) is 58.0 Å². The molecule has 4 heterocycles. The standard InChI is InChI=1S/C21H23N7O2S/c29-19(24-14-16-4-7-22-8-5-16)13-17-15-31-20(25-17)26-21(30)28-11-9-27(10-12-28)18-3-1-2-6-23-18/h1-8,15H,9-14H2,(H,24,29)(H,25,26,30). The van der Waals surface area contributed by atoms with Crippen LogP contribution < -0.4 is 15.5 Å². The van der Waals surface area contributed by atoms with Gasteiger partial charge in [-0.1, -0.05) is 6.07 Å². The van der Waals surface area contributed by atoms with Crippen LogP contribution in [0.2, 0.25) is 0 Å². The van der Waals surface area contributed by atoms with Crippen molar-refractivity contribution in [3.8, 4) is 0 Å². The fourth-order valence-electron chi connectivity index (χ4n) is 3.22. The lowest BCUT2D eigenvalue weighted by molar-refractivity contribution is -0.120. The van der Waals surface area contributed by atoms with Gasteiger partial charge < -0.3 is 15.1 Å². The largest absolute Gasteiger partial charge is 0.353 e. The molecule has 3 aromatic rings. The average Bonchev–Trinajstić information content (AvgIpc) is 3.25. The van der Waals surface area contributed by atoms with Crippen LogP contribution in [0.3, 0.4) is 0 Å². The minimum Gasteiger partial charge on any atom is -0.353 e. The van der Waals surface area contributed by atoms with E-state index in [1.165, 1.54) is 11.3 Å². The van der Waals surface area contributed by atoms with Gasteiger partial charge in [-0.2, -0.15) is 0 Å². The van der Waals surface area contributed by atoms with E-state index in [1.807, 2.05) is 30.3 Å². The van der Waals surface area contributed by atoms with E-state index in [0.29, 0.717) is 30.5 Å². The zero-order valence-corrected chi connectivity index (χ0v) is 17.7. The Hall–Kier alpha value is -3.53. The molecule has 2 N–H and O–H groups in total. The Balaban J connectivity index is 1.22. The smallest absolute Gasteiger partial charge is 0.323 e. The maximum absolute atomic E-state index is 12.6. The lowest BCUT2D eigenvalue weighted by Gasteiger charge is -2.35. The van der Waals surface area contributed by atoms with Gasteiger partial charge in [-0.25, -0.2) is 14.8 Å². The number of carbonyl (C=O) groups excluding carboxylic acids is 2. The molecule has 3 amide bonds. The number of pyridine rings is 2. The molecule has 10 heteroatoms. The first kappa shape index (κ1) is 20.7. The normalized spacial score (nSPS) is 13.7. The molecule has 0 saturated carbocycles. The predicted molar refractivity (Wildman–Crippen MR) is 119 cm³/mol. The number of thiazole rings is 1. The van der Waals surface area contributed by atoms with Crippen LogP contribution in [0.25, 0.3) is 0 Å². The number of carbonyl (C=O) groups is 2. The summed E-state index contributed by atoms with van der Waals surface area (Å²) < 4.78 is 0. The molecule has 0 atom stereocenters. The van der Waals surface area contributed by atoms with Crippen molar-refractivity contribution in [1.82, 2.24) is 25.2 Å². The van der Waals surface area contributed by atoms with Gasteiger partial charge in [-0.05, 0) is 29.8 Å². The summed E-state index contributed by atoms with van der Waals surface area (Å²) in [5, 5.41) is 7.99. The molecule has 1 aliphatic rings. The highest BCUT2D eigenvalue weighted by molar-refractivity contribution is 7.13. The topological polar surface area (TPSA) is 103 Å². The number of hydrogen-bond donors (Lipinski definition) is 2. The van der Waals surface area contributed by atoms with Crippen LogP contribution in [0.5, 0.6) is 0 Å². The van der Waals surface area contributed by atoms with E-state index in [9.17, 15) is 9.59 Å². The SMILES string of the molecule is O=C(Cc1csc(NC(=O)N2CCN(c3ccccn3)CC2)n1)NCc1ccncc1. The fourth-order valence-corrected chi connectivity index (χ4v) is 3.92. The third-order valence-electron chi connectivity index (χ3n) is 4.89. The summed E-state index contributed by atoms with van der Waals surface area (Å²) in [5.74, 6) is 0.806. The van der Waals surface area contributed by atoms with E-state index in [2.05, 4.69) is 30.5 Å². The summed E-state index contributed by atoms with van der Waals surface area (Å²) in [4.78, 5) is 41.3. The first-order valence-electron chi connectivity index (χ1n) is 9.99. The molecule has 3 aromatic heterocycles. The van der Waals surface area contributed by atoms with Gasteiger partial charge in [0.25, 0.3) is 0 Å². The Morgan fingerprint density at radius 2 is 1.84 bits per heavy atom. The molecule has 1 saturated heterocycles. The molecule has 0 unspecified atom stereocenters. The number of aromatic nitrogens is 3. The number of piperazine rings is 1. The van der Waals surface area contributed by atoms with Gasteiger partial charge in [0.1, 0.15) is 5.82 Å². The van der Waals surface area contributed by atoms with Crippen molar-refractivity contribution in [3.63, 3.8) is 0 Å². The predicted octanol–water partition coefficient (Wildman–Crippen LogP) is 2.15. The number of urea groups is 1. The maximum Gasteiger partial charge on any atom is 0.323 e. The molecular formula is C21H23N7O2S. The second kappa shape index (κ2) is 9.98. The van der Waals surface area contributed by atoms with Gasteiger partial charge in [-0.3, -0.25) is 15.1 Å². The number of hydrogen-bond acceptors (Lipinski definition) is 7. The minimum atomic E-state index is -0.177. The average molecular weight is 438 g/mol. The molecule has 0 aliphatic carbocycles. The van der Waals surface area contributed by atoms with Crippen LogP contribution in [0.15, 0.2) is 54.3 Å². The zero-order chi connectivity index (χ0) is 21.5. The number of nitrogens with one attached hydrogen (secondary N) is 2. The highest BCUT2D eigenvalue weighted by Gasteiger charge is 2.22. The summed E-state index contributed by atoms with van der Waals surface area (Å²) in [6.45, 7) is 3.12. The van der Waals surface area contributed by atoms with Crippen molar-refractivity contribution < 1.29 is 9.59 Å². The molecule has 0 aromatic carbocycles. The van der Waals surface area contributed by atoms with Crippen LogP contribution in [-0.2, 0) is 17.8 Å². The van der Waals surface area contributed by atoms with Crippen molar-refractivity contribution in [1.29, 1.82) is 0 Å². The number of amides is 3. The monoisotopic (exact) mass is 437 g/mol. The molecule has 4 rings (SSSR count). The summed E-state index contributed by atoms with van der Waals surface area (Å²) in [6.07, 6.45) is 5.32. The zero-order valence-electron chi connectivity index (χ0n) is 16.9. The van der Waals surface area contributed by atoms with E-state index in [-0.39, 0.29) is 18.4 Å². The molecule has 0 radical (unpaired) electrons. The number of anilines is 2. The quantitative estimate of drug-likeness (QED) is 0.613. The fraction of sp³-hybridized carbons (Fsp3) is 0.286. The molecule has 1 fully saturated rings. The van der Waals surface area contributed by atoms with Gasteiger partial charge in [-0.15, -0.1) is 11.3 Å². The molecule has 0 bridgehead atoms. The van der Waals surface area contributed by atoms with Gasteiger partial charge in [0.2, 0.25) is 5.91 Å². The van der Waals surface area contributed by atoms with Crippen molar-refractivity contribution >= 4 is 34.2 Å². The Labute approximate surface area is 184 Å². The molecule has 1 aliphatic heterocycles. The van der Waals surface area contributed by atoms with Crippen LogP contribution in [0.1, 0.15) is 11.3 Å².